The maximum absolute atomic E-state index is 12.2. The van der Waals surface area contributed by atoms with Crippen molar-refractivity contribution in [2.75, 3.05) is 20.1 Å². The molecule has 0 unspecified atom stereocenters. The topological polar surface area (TPSA) is 71.8 Å². The van der Waals surface area contributed by atoms with Gasteiger partial charge in [0.25, 0.3) is 5.91 Å². The molecule has 0 aliphatic rings. The van der Waals surface area contributed by atoms with Gasteiger partial charge in [0.1, 0.15) is 0 Å². The van der Waals surface area contributed by atoms with Gasteiger partial charge in [-0.1, -0.05) is 0 Å². The fourth-order valence-corrected chi connectivity index (χ4v) is 1.99. The lowest BCUT2D eigenvalue weighted by Gasteiger charge is -2.07. The number of rotatable bonds is 5. The van der Waals surface area contributed by atoms with Gasteiger partial charge in [-0.3, -0.25) is 4.79 Å². The summed E-state index contributed by atoms with van der Waals surface area (Å²) in [7, 11) is 1.85. The van der Waals surface area contributed by atoms with E-state index >= 15 is 0 Å². The van der Waals surface area contributed by atoms with Crippen LogP contribution in [-0.4, -0.2) is 40.8 Å². The summed E-state index contributed by atoms with van der Waals surface area (Å²) in [6, 6.07) is 1.80. The maximum Gasteiger partial charge on any atom is 0.252 e. The van der Waals surface area contributed by atoms with Crippen LogP contribution in [0.4, 0.5) is 0 Å². The van der Waals surface area contributed by atoms with Crippen molar-refractivity contribution in [3.8, 4) is 0 Å². The number of carbonyl (C=O) groups excluding carboxylic acids is 1. The highest BCUT2D eigenvalue weighted by molar-refractivity contribution is 6.05. The second-order valence-corrected chi connectivity index (χ2v) is 4.37. The van der Waals surface area contributed by atoms with Crippen molar-refractivity contribution in [3.05, 3.63) is 23.5 Å². The smallest absolute Gasteiger partial charge is 0.252 e. The molecule has 0 bridgehead atoms. The molecule has 0 aromatic carbocycles. The molecule has 0 fully saturated rings. The van der Waals surface area contributed by atoms with E-state index in [4.69, 9.17) is 0 Å². The van der Waals surface area contributed by atoms with Crippen LogP contribution in [0.1, 0.15) is 23.0 Å². The average Bonchev–Trinajstić information content (AvgIpc) is 2.80. The average molecular weight is 261 g/mol. The van der Waals surface area contributed by atoms with E-state index in [-0.39, 0.29) is 5.91 Å². The molecule has 0 radical (unpaired) electrons. The van der Waals surface area contributed by atoms with Gasteiger partial charge in [0.15, 0.2) is 5.65 Å². The highest BCUT2D eigenvalue weighted by atomic mass is 16.1. The van der Waals surface area contributed by atoms with Gasteiger partial charge in [-0.2, -0.15) is 5.10 Å². The summed E-state index contributed by atoms with van der Waals surface area (Å²) in [4.78, 5) is 16.6. The zero-order chi connectivity index (χ0) is 13.8. The first-order chi connectivity index (χ1) is 9.17. The molecule has 2 aromatic rings. The Morgan fingerprint density at radius 1 is 1.42 bits per heavy atom. The van der Waals surface area contributed by atoms with Crippen LogP contribution in [0.25, 0.3) is 11.0 Å². The van der Waals surface area contributed by atoms with Gasteiger partial charge in [-0.05, 0) is 27.0 Å². The number of hydrogen-bond donors (Lipinski definition) is 2. The number of pyridine rings is 1. The summed E-state index contributed by atoms with van der Waals surface area (Å²) in [5, 5.41) is 10.9. The number of amides is 1. The largest absolute Gasteiger partial charge is 0.351 e. The molecule has 0 spiro atoms. The molecule has 0 aliphatic carbocycles. The summed E-state index contributed by atoms with van der Waals surface area (Å²) >= 11 is 0. The number of fused-ring (bicyclic) bond motifs is 1. The normalized spacial score (nSPS) is 10.9. The van der Waals surface area contributed by atoms with Gasteiger partial charge in [0.2, 0.25) is 0 Å². The van der Waals surface area contributed by atoms with Gasteiger partial charge < -0.3 is 10.6 Å². The van der Waals surface area contributed by atoms with Gasteiger partial charge in [-0.25, -0.2) is 9.67 Å². The number of likely N-dealkylation sites (N-methyl/N-ethyl adjacent to an activating group) is 1. The monoisotopic (exact) mass is 261 g/mol. The summed E-state index contributed by atoms with van der Waals surface area (Å²) in [6.07, 6.45) is 1.71. The molecule has 6 nitrogen and oxygen atoms in total. The molecule has 0 saturated carbocycles. The number of aryl methyl sites for hydroxylation is 2. The molecule has 2 aromatic heterocycles. The van der Waals surface area contributed by atoms with Crippen LogP contribution < -0.4 is 10.6 Å². The Morgan fingerprint density at radius 2 is 2.21 bits per heavy atom. The molecule has 2 rings (SSSR count). The summed E-state index contributed by atoms with van der Waals surface area (Å²) in [5.41, 5.74) is 2.22. The molecule has 6 heteroatoms. The van der Waals surface area contributed by atoms with Crippen LogP contribution in [0.15, 0.2) is 12.3 Å². The van der Waals surface area contributed by atoms with Gasteiger partial charge in [-0.15, -0.1) is 0 Å². The highest BCUT2D eigenvalue weighted by Crippen LogP contribution is 2.18. The number of nitrogens with one attached hydrogen (secondary N) is 2. The van der Waals surface area contributed by atoms with E-state index in [2.05, 4.69) is 20.7 Å². The minimum Gasteiger partial charge on any atom is -0.351 e. The third kappa shape index (κ3) is 2.73. The van der Waals surface area contributed by atoms with Crippen molar-refractivity contribution in [2.24, 2.45) is 0 Å². The number of hydrogen-bond acceptors (Lipinski definition) is 4. The van der Waals surface area contributed by atoms with Crippen LogP contribution >= 0.6 is 0 Å². The molecule has 0 saturated heterocycles. The minimum absolute atomic E-state index is 0.0820. The van der Waals surface area contributed by atoms with Crippen molar-refractivity contribution in [2.45, 2.75) is 20.4 Å². The Balaban J connectivity index is 2.36. The lowest BCUT2D eigenvalue weighted by Crippen LogP contribution is -2.30. The SMILES string of the molecule is CCn1ncc2c(C(=O)NCCNC)cc(C)nc21. The Morgan fingerprint density at radius 3 is 2.89 bits per heavy atom. The summed E-state index contributed by atoms with van der Waals surface area (Å²) in [5.74, 6) is -0.0820. The number of nitrogens with zero attached hydrogens (tertiary/aromatic N) is 3. The fraction of sp³-hybridized carbons (Fsp3) is 0.462. The first kappa shape index (κ1) is 13.5. The quantitative estimate of drug-likeness (QED) is 0.778. The summed E-state index contributed by atoms with van der Waals surface area (Å²) < 4.78 is 1.80. The van der Waals surface area contributed by atoms with E-state index < -0.39 is 0 Å². The minimum atomic E-state index is -0.0820. The van der Waals surface area contributed by atoms with Crippen LogP contribution in [0.2, 0.25) is 0 Å². The molecule has 1 amide bonds. The predicted molar refractivity (Wildman–Crippen MR) is 74.2 cm³/mol. The first-order valence-electron chi connectivity index (χ1n) is 6.43. The molecule has 2 N–H and O–H groups in total. The standard InChI is InChI=1S/C13H19N5O/c1-4-18-12-11(8-16-18)10(7-9(2)17-12)13(19)15-6-5-14-3/h7-8,14H,4-6H2,1-3H3,(H,15,19). The van der Waals surface area contributed by atoms with Crippen LogP contribution in [-0.2, 0) is 6.54 Å². The zero-order valence-corrected chi connectivity index (χ0v) is 11.5. The molecule has 2 heterocycles. The number of carbonyl (C=O) groups is 1. The van der Waals surface area contributed by atoms with E-state index in [9.17, 15) is 4.79 Å². The Kier molecular flexibility index (Phi) is 4.11. The van der Waals surface area contributed by atoms with Crippen molar-refractivity contribution < 1.29 is 4.79 Å². The summed E-state index contributed by atoms with van der Waals surface area (Å²) in [6.45, 7) is 5.97. The molecular formula is C13H19N5O. The third-order valence-electron chi connectivity index (χ3n) is 2.94. The molecule has 102 valence electrons. The third-order valence-corrected chi connectivity index (χ3v) is 2.94. The predicted octanol–water partition coefficient (Wildman–Crippen LogP) is 0.709. The van der Waals surface area contributed by atoms with Crippen molar-refractivity contribution in [1.82, 2.24) is 25.4 Å². The molecular weight excluding hydrogens is 242 g/mol. The second kappa shape index (κ2) is 5.79. The molecule has 0 atom stereocenters. The molecule has 19 heavy (non-hydrogen) atoms. The van der Waals surface area contributed by atoms with Crippen LogP contribution in [0, 0.1) is 6.92 Å². The Hall–Kier alpha value is -1.95. The van der Waals surface area contributed by atoms with E-state index in [0.29, 0.717) is 12.1 Å². The van der Waals surface area contributed by atoms with Crippen LogP contribution in [0.5, 0.6) is 0 Å². The fourth-order valence-electron chi connectivity index (χ4n) is 1.99. The highest BCUT2D eigenvalue weighted by Gasteiger charge is 2.14. The van der Waals surface area contributed by atoms with Crippen LogP contribution in [0.3, 0.4) is 0 Å². The van der Waals surface area contributed by atoms with Gasteiger partial charge >= 0.3 is 0 Å². The second-order valence-electron chi connectivity index (χ2n) is 4.37. The van der Waals surface area contributed by atoms with E-state index in [1.807, 2.05) is 20.9 Å². The first-order valence-corrected chi connectivity index (χ1v) is 6.43. The van der Waals surface area contributed by atoms with Gasteiger partial charge in [0.05, 0.1) is 17.1 Å². The molecule has 0 aliphatic heterocycles. The Labute approximate surface area is 112 Å². The van der Waals surface area contributed by atoms with Crippen molar-refractivity contribution in [3.63, 3.8) is 0 Å². The van der Waals surface area contributed by atoms with E-state index in [1.165, 1.54) is 0 Å². The van der Waals surface area contributed by atoms with E-state index in [1.54, 1.807) is 16.9 Å². The lowest BCUT2D eigenvalue weighted by atomic mass is 10.1. The van der Waals surface area contributed by atoms with E-state index in [0.717, 1.165) is 29.8 Å². The maximum atomic E-state index is 12.2. The van der Waals surface area contributed by atoms with Gasteiger partial charge in [0, 0.05) is 25.3 Å². The van der Waals surface area contributed by atoms with Crippen molar-refractivity contribution >= 4 is 16.9 Å². The Bertz CT molecular complexity index is 590. The van der Waals surface area contributed by atoms with Crippen molar-refractivity contribution in [1.29, 1.82) is 0 Å². The zero-order valence-electron chi connectivity index (χ0n) is 11.5. The lowest BCUT2D eigenvalue weighted by molar-refractivity contribution is 0.0955. The number of aromatic nitrogens is 3.